The fourth-order valence-corrected chi connectivity index (χ4v) is 15.7. The Bertz CT molecular complexity index is 4220. The summed E-state index contributed by atoms with van der Waals surface area (Å²) in [6.45, 7) is 38.7. The molecule has 2 aliphatic heterocycles. The number of halogens is 1. The molecule has 8 heteroatoms. The molecule has 7 nitrogen and oxygen atoms in total. The van der Waals surface area contributed by atoms with Crippen LogP contribution in [0.2, 0.25) is 0 Å². The average molecular weight is 1110 g/mol. The zero-order valence-corrected chi connectivity index (χ0v) is 51.3. The van der Waals surface area contributed by atoms with E-state index in [4.69, 9.17) is 24.9 Å². The van der Waals surface area contributed by atoms with Crippen molar-refractivity contribution in [2.45, 2.75) is 205 Å². The number of H-pyrrole nitrogens is 2. The van der Waals surface area contributed by atoms with Crippen LogP contribution in [0, 0.1) is 0 Å². The van der Waals surface area contributed by atoms with Crippen molar-refractivity contribution in [2.75, 3.05) is 0 Å². The van der Waals surface area contributed by atoms with Crippen LogP contribution in [-0.4, -0.2) is 34.9 Å². The topological polar surface area (TPSA) is 96.0 Å². The largest absolute Gasteiger partial charge is 0.339 e. The minimum absolute atomic E-state index is 0.0213. The van der Waals surface area contributed by atoms with Gasteiger partial charge in [-0.05, 0) is 194 Å². The van der Waals surface area contributed by atoms with Gasteiger partial charge in [0.25, 0.3) is 0 Å². The third-order valence-electron chi connectivity index (χ3n) is 21.2. The SMILES string of the molecule is CC1(C)CCC(C)(C)c2cc3c(cc21)-c1nc-3nc2[nH]c(c(-c3ccccc3Br)c3nc(nc4[nH]c(n1)c1cc5c(cc41)C(C)(C)CCC5(C)C)-c1cc4c(cc1-3)C(C)(C)CCC4(C)C)c1cc3c(cc21)C(C)(C)CCC3(C)C. The molecule has 0 amide bonds. The van der Waals surface area contributed by atoms with Gasteiger partial charge >= 0.3 is 0 Å². The van der Waals surface area contributed by atoms with Gasteiger partial charge in [-0.3, -0.25) is 0 Å². The summed E-state index contributed by atoms with van der Waals surface area (Å²) in [6.07, 6.45) is 8.84. The van der Waals surface area contributed by atoms with Crippen LogP contribution in [0.4, 0.5) is 0 Å². The second kappa shape index (κ2) is 16.1. The smallest absolute Gasteiger partial charge is 0.164 e. The molecule has 3 aromatic heterocycles. The van der Waals surface area contributed by atoms with E-state index in [1.807, 2.05) is 0 Å². The molecule has 0 atom stereocenters. The summed E-state index contributed by atoms with van der Waals surface area (Å²) in [7, 11) is 0. The van der Waals surface area contributed by atoms with E-state index in [0.717, 1.165) is 139 Å². The van der Waals surface area contributed by atoms with Gasteiger partial charge < -0.3 is 9.97 Å². The van der Waals surface area contributed by atoms with E-state index >= 15 is 0 Å². The maximum absolute atomic E-state index is 5.93. The van der Waals surface area contributed by atoms with E-state index in [1.165, 1.54) is 44.5 Å². The molecule has 8 aromatic rings. The lowest BCUT2D eigenvalue weighted by Crippen LogP contribution is -2.33. The van der Waals surface area contributed by atoms with E-state index in [1.54, 1.807) is 0 Å². The van der Waals surface area contributed by atoms with Crippen LogP contribution < -0.4 is 0 Å². The third kappa shape index (κ3) is 7.49. The fourth-order valence-electron chi connectivity index (χ4n) is 15.2. The lowest BCUT2D eigenvalue weighted by atomic mass is 9.62. The molecule has 5 aromatic carbocycles. The summed E-state index contributed by atoms with van der Waals surface area (Å²) in [4.78, 5) is 37.1. The Hall–Kier alpha value is -5.99. The van der Waals surface area contributed by atoms with Crippen molar-refractivity contribution in [3.05, 3.63) is 122 Å². The van der Waals surface area contributed by atoms with Crippen molar-refractivity contribution < 1.29 is 0 Å². The van der Waals surface area contributed by atoms with E-state index in [-0.39, 0.29) is 43.3 Å². The summed E-state index contributed by atoms with van der Waals surface area (Å²) < 4.78 is 0.995. The van der Waals surface area contributed by atoms with Crippen molar-refractivity contribution in [3.8, 4) is 56.5 Å². The minimum Gasteiger partial charge on any atom is -0.339 e. The van der Waals surface area contributed by atoms with E-state index in [9.17, 15) is 0 Å². The van der Waals surface area contributed by atoms with Gasteiger partial charge in [-0.25, -0.2) is 24.9 Å². The maximum Gasteiger partial charge on any atom is 0.164 e. The molecule has 4 aliphatic carbocycles. The van der Waals surface area contributed by atoms with Crippen molar-refractivity contribution in [1.82, 2.24) is 34.9 Å². The van der Waals surface area contributed by atoms with Crippen LogP contribution in [0.15, 0.2) is 77.3 Å². The zero-order valence-electron chi connectivity index (χ0n) is 49.7. The van der Waals surface area contributed by atoms with Gasteiger partial charge in [-0.1, -0.05) is 145 Å². The van der Waals surface area contributed by atoms with Crippen molar-refractivity contribution >= 4 is 59.9 Å². The molecule has 14 rings (SSSR count). The Morgan fingerprint density at radius 1 is 0.329 bits per heavy atom. The predicted octanol–water partition coefficient (Wildman–Crippen LogP) is 19.3. The van der Waals surface area contributed by atoms with Crippen molar-refractivity contribution in [2.24, 2.45) is 0 Å². The van der Waals surface area contributed by atoms with E-state index in [2.05, 4.69) is 209 Å². The van der Waals surface area contributed by atoms with E-state index in [0.29, 0.717) is 17.5 Å². The molecule has 404 valence electrons. The molecule has 0 spiro atoms. The molecule has 79 heavy (non-hydrogen) atoms. The van der Waals surface area contributed by atoms with Crippen molar-refractivity contribution in [3.63, 3.8) is 0 Å². The van der Waals surface area contributed by atoms with Crippen LogP contribution in [0.25, 0.3) is 101 Å². The Balaban J connectivity index is 1.23. The molecule has 0 saturated heterocycles. The number of hydrogen-bond donors (Lipinski definition) is 2. The Kier molecular flexibility index (Phi) is 10.5. The van der Waals surface area contributed by atoms with Gasteiger partial charge in [0.2, 0.25) is 0 Å². The first-order valence-corrected chi connectivity index (χ1v) is 30.2. The van der Waals surface area contributed by atoms with Gasteiger partial charge in [0.1, 0.15) is 16.9 Å². The number of rotatable bonds is 1. The third-order valence-corrected chi connectivity index (χ3v) is 21.9. The summed E-state index contributed by atoms with van der Waals surface area (Å²) in [5, 5.41) is 4.31. The molecule has 5 heterocycles. The highest BCUT2D eigenvalue weighted by Crippen LogP contribution is 2.56. The Morgan fingerprint density at radius 2 is 0.633 bits per heavy atom. The first-order valence-electron chi connectivity index (χ1n) is 29.4. The van der Waals surface area contributed by atoms with Crippen molar-refractivity contribution in [1.29, 1.82) is 0 Å². The minimum atomic E-state index is -0.0415. The first kappa shape index (κ1) is 51.2. The summed E-state index contributed by atoms with van der Waals surface area (Å²) in [6, 6.07) is 28.4. The summed E-state index contributed by atoms with van der Waals surface area (Å²) >= 11 is 4.14. The zero-order chi connectivity index (χ0) is 55.7. The first-order chi connectivity index (χ1) is 36.9. The summed E-state index contributed by atoms with van der Waals surface area (Å²) in [5.41, 5.74) is 21.3. The lowest BCUT2D eigenvalue weighted by molar-refractivity contribution is 0.332. The molecule has 2 N–H and O–H groups in total. The number of hydrogen-bond acceptors (Lipinski definition) is 5. The van der Waals surface area contributed by atoms with Crippen LogP contribution >= 0.6 is 15.9 Å². The standard InChI is InChI=1S/C71H78BrN7/c1-64(2)21-23-66(5,6)48-31-40-38(29-46(48)64)56-55(37-19-17-18-20-54(37)72)57-39-30-47-49(67(7,8)24-22-65(47,3)4)32-41(39)59(74-57)76-61-43-34-51-53(71(15,16)28-26-69(51,11)12)36-45(43)63(78-61)79-62-44-35-52-50(68(9,10)25-27-70(52,13)14)33-42(44)60(77-62)75-58(40)73-56/h17-20,29-36H,21-28H2,1-16H3,(H2,73,74,75,76,77,78,79). The number of aromatic amines is 2. The van der Waals surface area contributed by atoms with Crippen LogP contribution in [-0.2, 0) is 43.3 Å². The number of fused-ring (bicyclic) bond motifs is 24. The number of aromatic nitrogens is 7. The van der Waals surface area contributed by atoms with Crippen LogP contribution in [0.1, 0.15) is 207 Å². The number of nitrogens with one attached hydrogen (secondary N) is 2. The van der Waals surface area contributed by atoms with Crippen LogP contribution in [0.5, 0.6) is 0 Å². The van der Waals surface area contributed by atoms with Crippen LogP contribution in [0.3, 0.4) is 0 Å². The highest BCUT2D eigenvalue weighted by atomic mass is 79.9. The average Bonchev–Trinajstić information content (AvgIpc) is 3.57. The molecule has 0 fully saturated rings. The second-order valence-electron chi connectivity index (χ2n) is 30.2. The molecule has 6 aliphatic rings. The monoisotopic (exact) mass is 1110 g/mol. The highest BCUT2D eigenvalue weighted by molar-refractivity contribution is 9.10. The highest BCUT2D eigenvalue weighted by Gasteiger charge is 2.43. The fraction of sp³-hybridized carbons (Fsp3) is 0.451. The van der Waals surface area contributed by atoms with Gasteiger partial charge in [0, 0.05) is 59.4 Å². The summed E-state index contributed by atoms with van der Waals surface area (Å²) in [5.74, 6) is 2.04. The van der Waals surface area contributed by atoms with E-state index < -0.39 is 0 Å². The lowest BCUT2D eigenvalue weighted by Gasteiger charge is -2.42. The molecule has 0 saturated carbocycles. The van der Waals surface area contributed by atoms with Gasteiger partial charge in [-0.2, -0.15) is 0 Å². The number of nitrogens with zero attached hydrogens (tertiary/aromatic N) is 5. The molecular weight excluding hydrogens is 1030 g/mol. The second-order valence-corrected chi connectivity index (χ2v) is 31.1. The van der Waals surface area contributed by atoms with Gasteiger partial charge in [0.15, 0.2) is 17.5 Å². The quantitative estimate of drug-likeness (QED) is 0.171. The molecule has 0 radical (unpaired) electrons. The Labute approximate surface area is 475 Å². The van der Waals surface area contributed by atoms with Gasteiger partial charge in [0.05, 0.1) is 11.2 Å². The Morgan fingerprint density at radius 3 is 1.03 bits per heavy atom. The maximum atomic E-state index is 5.93. The normalized spacial score (nSPS) is 20.9. The van der Waals surface area contributed by atoms with Gasteiger partial charge in [-0.15, -0.1) is 0 Å². The predicted molar refractivity (Wildman–Crippen MR) is 333 cm³/mol. The molecular formula is C71H78BrN7. The number of benzene rings is 5. The molecule has 8 bridgehead atoms. The molecule has 0 unspecified atom stereocenters.